The van der Waals surface area contributed by atoms with Gasteiger partial charge in [0.2, 0.25) is 5.82 Å². The maximum atomic E-state index is 12.0. The van der Waals surface area contributed by atoms with Crippen molar-refractivity contribution in [1.82, 2.24) is 20.1 Å². The van der Waals surface area contributed by atoms with Crippen LogP contribution in [0.4, 0.5) is 0 Å². The molecule has 1 aliphatic rings. The van der Waals surface area contributed by atoms with Crippen LogP contribution in [0.15, 0.2) is 0 Å². The summed E-state index contributed by atoms with van der Waals surface area (Å²) in [4.78, 5) is 18.0. The molecule has 0 radical (unpaired) electrons. The minimum atomic E-state index is -0.0833. The standard InChI is InChI=1S/C12H20N4O/c1-8(2)10-13-11(15-14-10)12(17)16(3)7-9-5-4-6-9/h8-9H,4-7H2,1-3H3,(H,13,14,15). The number of hydrogen-bond donors (Lipinski definition) is 1. The highest BCUT2D eigenvalue weighted by atomic mass is 16.2. The van der Waals surface area contributed by atoms with Gasteiger partial charge in [0, 0.05) is 19.5 Å². The number of nitrogens with one attached hydrogen (secondary N) is 1. The molecule has 0 atom stereocenters. The summed E-state index contributed by atoms with van der Waals surface area (Å²) < 4.78 is 0. The fraction of sp³-hybridized carbons (Fsp3) is 0.750. The summed E-state index contributed by atoms with van der Waals surface area (Å²) >= 11 is 0. The normalized spacial score (nSPS) is 16.0. The molecule has 1 aromatic heterocycles. The second-order valence-corrected chi connectivity index (χ2v) is 5.18. The van der Waals surface area contributed by atoms with Crippen LogP contribution < -0.4 is 0 Å². The highest BCUT2D eigenvalue weighted by Gasteiger charge is 2.24. The van der Waals surface area contributed by atoms with Crippen molar-refractivity contribution < 1.29 is 4.79 Å². The molecule has 5 heteroatoms. The number of carbonyl (C=O) groups excluding carboxylic acids is 1. The number of hydrogen-bond acceptors (Lipinski definition) is 3. The molecular weight excluding hydrogens is 216 g/mol. The Labute approximate surface area is 102 Å². The van der Waals surface area contributed by atoms with Crippen molar-refractivity contribution >= 4 is 5.91 Å². The lowest BCUT2D eigenvalue weighted by molar-refractivity contribution is 0.0733. The second-order valence-electron chi connectivity index (χ2n) is 5.18. The number of H-pyrrole nitrogens is 1. The van der Waals surface area contributed by atoms with Crippen LogP contribution in [0, 0.1) is 5.92 Å². The summed E-state index contributed by atoms with van der Waals surface area (Å²) in [7, 11) is 1.83. The van der Waals surface area contributed by atoms with E-state index in [4.69, 9.17) is 0 Å². The summed E-state index contributed by atoms with van der Waals surface area (Å²) in [6.45, 7) is 4.87. The Morgan fingerprint density at radius 2 is 2.24 bits per heavy atom. The molecule has 1 aromatic rings. The van der Waals surface area contributed by atoms with E-state index < -0.39 is 0 Å². The van der Waals surface area contributed by atoms with E-state index in [-0.39, 0.29) is 17.6 Å². The van der Waals surface area contributed by atoms with Crippen molar-refractivity contribution in [3.8, 4) is 0 Å². The zero-order valence-electron chi connectivity index (χ0n) is 10.7. The molecule has 0 bridgehead atoms. The minimum absolute atomic E-state index is 0.0833. The van der Waals surface area contributed by atoms with Gasteiger partial charge in [0.25, 0.3) is 5.91 Å². The van der Waals surface area contributed by atoms with Crippen LogP contribution in [0.25, 0.3) is 0 Å². The second kappa shape index (κ2) is 4.85. The molecule has 0 spiro atoms. The summed E-state index contributed by atoms with van der Waals surface area (Å²) in [5.41, 5.74) is 0. The third-order valence-corrected chi connectivity index (χ3v) is 3.34. The van der Waals surface area contributed by atoms with Crippen molar-refractivity contribution in [3.05, 3.63) is 11.6 Å². The molecule has 0 aromatic carbocycles. The fourth-order valence-corrected chi connectivity index (χ4v) is 1.94. The van der Waals surface area contributed by atoms with Crippen molar-refractivity contribution in [2.75, 3.05) is 13.6 Å². The number of aromatic amines is 1. The number of nitrogens with zero attached hydrogens (tertiary/aromatic N) is 3. The Hall–Kier alpha value is -1.39. The van der Waals surface area contributed by atoms with Crippen LogP contribution in [0.1, 0.15) is 55.5 Å². The first kappa shape index (κ1) is 12.1. The van der Waals surface area contributed by atoms with Gasteiger partial charge in [-0.1, -0.05) is 20.3 Å². The molecule has 0 aliphatic heterocycles. The van der Waals surface area contributed by atoms with Crippen molar-refractivity contribution in [2.45, 2.75) is 39.0 Å². The van der Waals surface area contributed by atoms with Gasteiger partial charge < -0.3 is 4.90 Å². The number of aromatic nitrogens is 3. The van der Waals surface area contributed by atoms with Crippen LogP contribution in [0.2, 0.25) is 0 Å². The SMILES string of the molecule is CC(C)c1nc(C(=O)N(C)CC2CCC2)n[nH]1. The van der Waals surface area contributed by atoms with Crippen LogP contribution >= 0.6 is 0 Å². The first-order chi connectivity index (χ1) is 8.08. The Kier molecular flexibility index (Phi) is 3.45. The fourth-order valence-electron chi connectivity index (χ4n) is 1.94. The maximum absolute atomic E-state index is 12.0. The molecule has 0 saturated heterocycles. The number of amides is 1. The molecule has 1 fully saturated rings. The topological polar surface area (TPSA) is 61.9 Å². The lowest BCUT2D eigenvalue weighted by Gasteiger charge is -2.29. The Bertz CT molecular complexity index is 395. The van der Waals surface area contributed by atoms with Crippen LogP contribution in [-0.4, -0.2) is 39.6 Å². The third-order valence-electron chi connectivity index (χ3n) is 3.34. The van der Waals surface area contributed by atoms with Crippen LogP contribution in [0.3, 0.4) is 0 Å². The van der Waals surface area contributed by atoms with E-state index in [1.54, 1.807) is 4.90 Å². The summed E-state index contributed by atoms with van der Waals surface area (Å²) in [5, 5.41) is 6.80. The molecule has 5 nitrogen and oxygen atoms in total. The van der Waals surface area contributed by atoms with E-state index in [2.05, 4.69) is 15.2 Å². The molecule has 0 unspecified atom stereocenters. The van der Waals surface area contributed by atoms with E-state index in [1.807, 2.05) is 20.9 Å². The average molecular weight is 236 g/mol. The monoisotopic (exact) mass is 236 g/mol. The van der Waals surface area contributed by atoms with E-state index >= 15 is 0 Å². The van der Waals surface area contributed by atoms with Gasteiger partial charge in [-0.2, -0.15) is 0 Å². The Morgan fingerprint density at radius 1 is 1.53 bits per heavy atom. The smallest absolute Gasteiger partial charge is 0.293 e. The zero-order chi connectivity index (χ0) is 12.4. The Balaban J connectivity index is 1.97. The first-order valence-corrected chi connectivity index (χ1v) is 6.25. The zero-order valence-corrected chi connectivity index (χ0v) is 10.7. The maximum Gasteiger partial charge on any atom is 0.293 e. The quantitative estimate of drug-likeness (QED) is 0.867. The predicted octanol–water partition coefficient (Wildman–Crippen LogP) is 1.80. The van der Waals surface area contributed by atoms with Gasteiger partial charge in [0.15, 0.2) is 0 Å². The van der Waals surface area contributed by atoms with E-state index in [0.29, 0.717) is 5.92 Å². The number of carbonyl (C=O) groups is 1. The lowest BCUT2D eigenvalue weighted by Crippen LogP contribution is -2.34. The van der Waals surface area contributed by atoms with Crippen LogP contribution in [-0.2, 0) is 0 Å². The predicted molar refractivity (Wildman–Crippen MR) is 64.8 cm³/mol. The first-order valence-electron chi connectivity index (χ1n) is 6.25. The summed E-state index contributed by atoms with van der Waals surface area (Å²) in [5.74, 6) is 1.91. The molecule has 2 rings (SSSR count). The van der Waals surface area contributed by atoms with E-state index in [9.17, 15) is 4.79 Å². The van der Waals surface area contributed by atoms with Crippen molar-refractivity contribution in [2.24, 2.45) is 5.92 Å². The highest BCUT2D eigenvalue weighted by Crippen LogP contribution is 2.26. The molecule has 1 heterocycles. The van der Waals surface area contributed by atoms with Crippen LogP contribution in [0.5, 0.6) is 0 Å². The molecule has 1 amide bonds. The average Bonchev–Trinajstić information content (AvgIpc) is 2.71. The molecule has 1 aliphatic carbocycles. The lowest BCUT2D eigenvalue weighted by atomic mass is 9.85. The summed E-state index contributed by atoms with van der Waals surface area (Å²) in [6, 6.07) is 0. The Morgan fingerprint density at radius 3 is 2.71 bits per heavy atom. The van der Waals surface area contributed by atoms with Gasteiger partial charge in [-0.15, -0.1) is 5.10 Å². The molecular formula is C12H20N4O. The third kappa shape index (κ3) is 2.65. The summed E-state index contributed by atoms with van der Waals surface area (Å²) in [6.07, 6.45) is 3.77. The van der Waals surface area contributed by atoms with E-state index in [1.165, 1.54) is 19.3 Å². The van der Waals surface area contributed by atoms with E-state index in [0.717, 1.165) is 12.4 Å². The van der Waals surface area contributed by atoms with Crippen molar-refractivity contribution in [1.29, 1.82) is 0 Å². The van der Waals surface area contributed by atoms with Gasteiger partial charge in [-0.3, -0.25) is 9.89 Å². The largest absolute Gasteiger partial charge is 0.339 e. The van der Waals surface area contributed by atoms with Gasteiger partial charge in [0.1, 0.15) is 5.82 Å². The van der Waals surface area contributed by atoms with Crippen molar-refractivity contribution in [3.63, 3.8) is 0 Å². The molecule has 1 N–H and O–H groups in total. The number of rotatable bonds is 4. The highest BCUT2D eigenvalue weighted by molar-refractivity contribution is 5.90. The van der Waals surface area contributed by atoms with Gasteiger partial charge in [-0.25, -0.2) is 4.98 Å². The van der Waals surface area contributed by atoms with Gasteiger partial charge in [-0.05, 0) is 18.8 Å². The molecule has 94 valence electrons. The molecule has 17 heavy (non-hydrogen) atoms. The molecule has 1 saturated carbocycles. The van der Waals surface area contributed by atoms with Gasteiger partial charge >= 0.3 is 0 Å². The minimum Gasteiger partial charge on any atom is -0.339 e. The van der Waals surface area contributed by atoms with Gasteiger partial charge in [0.05, 0.1) is 0 Å².